The number of nitriles is 1. The summed E-state index contributed by atoms with van der Waals surface area (Å²) in [5, 5.41) is 16.9. The van der Waals surface area contributed by atoms with Gasteiger partial charge in [0.05, 0.1) is 43.3 Å². The van der Waals surface area contributed by atoms with Crippen LogP contribution in [0.15, 0.2) is 36.8 Å². The third kappa shape index (κ3) is 4.93. The summed E-state index contributed by atoms with van der Waals surface area (Å²) in [7, 11) is 0. The number of rotatable bonds is 6. The van der Waals surface area contributed by atoms with Crippen molar-refractivity contribution in [1.82, 2.24) is 19.9 Å². The summed E-state index contributed by atoms with van der Waals surface area (Å²) in [6.07, 6.45) is 7.02. The van der Waals surface area contributed by atoms with Crippen molar-refractivity contribution in [3.05, 3.63) is 42.4 Å². The van der Waals surface area contributed by atoms with Crippen molar-refractivity contribution < 1.29 is 19.0 Å². The second-order valence-electron chi connectivity index (χ2n) is 9.19. The molecule has 2 aliphatic heterocycles. The minimum atomic E-state index is -0.365. The van der Waals surface area contributed by atoms with Crippen molar-refractivity contribution in [2.45, 2.75) is 51.3 Å². The van der Waals surface area contributed by atoms with Crippen LogP contribution in [0.2, 0.25) is 0 Å². The van der Waals surface area contributed by atoms with Crippen LogP contribution >= 0.6 is 0 Å². The molecule has 3 aromatic heterocycles. The van der Waals surface area contributed by atoms with Gasteiger partial charge in [-0.2, -0.15) is 10.4 Å². The first-order valence-corrected chi connectivity index (χ1v) is 12.4. The van der Waals surface area contributed by atoms with Gasteiger partial charge in [-0.15, -0.1) is 0 Å². The molecule has 2 unspecified atom stereocenters. The van der Waals surface area contributed by atoms with Gasteiger partial charge in [0.2, 0.25) is 0 Å². The largest absolute Gasteiger partial charge is 0.492 e. The summed E-state index contributed by atoms with van der Waals surface area (Å²) >= 11 is 0. The maximum absolute atomic E-state index is 12.2. The maximum Gasteiger partial charge on any atom is 0.407 e. The van der Waals surface area contributed by atoms with Crippen LogP contribution in [0.3, 0.4) is 0 Å². The number of aromatic nitrogens is 3. The van der Waals surface area contributed by atoms with E-state index in [0.717, 1.165) is 48.3 Å². The zero-order chi connectivity index (χ0) is 25.1. The summed E-state index contributed by atoms with van der Waals surface area (Å²) in [6.45, 7) is 6.49. The van der Waals surface area contributed by atoms with Crippen LogP contribution in [0.4, 0.5) is 10.6 Å². The van der Waals surface area contributed by atoms with Gasteiger partial charge in [0.15, 0.2) is 0 Å². The fourth-order valence-electron chi connectivity index (χ4n) is 4.96. The van der Waals surface area contributed by atoms with Gasteiger partial charge < -0.3 is 24.4 Å². The molecule has 3 atom stereocenters. The molecule has 0 saturated carbocycles. The number of carbonyl (C=O) groups excluding carboxylic acids is 1. The number of hydrogen-bond acceptors (Lipinski definition) is 8. The molecule has 2 saturated heterocycles. The number of amides is 1. The Labute approximate surface area is 209 Å². The van der Waals surface area contributed by atoms with Crippen LogP contribution < -0.4 is 15.0 Å². The molecule has 0 aromatic carbocycles. The number of hydrogen-bond donors (Lipinski definition) is 1. The number of pyridine rings is 2. The number of carbonyl (C=O) groups is 1. The van der Waals surface area contributed by atoms with Crippen molar-refractivity contribution in [1.29, 1.82) is 5.26 Å². The van der Waals surface area contributed by atoms with Crippen molar-refractivity contribution in [2.24, 2.45) is 0 Å². The Morgan fingerprint density at radius 3 is 2.92 bits per heavy atom. The van der Waals surface area contributed by atoms with Gasteiger partial charge in [0.25, 0.3) is 0 Å². The Hall–Kier alpha value is -3.84. The first-order valence-electron chi connectivity index (χ1n) is 12.4. The van der Waals surface area contributed by atoms with E-state index in [9.17, 15) is 10.1 Å². The monoisotopic (exact) mass is 490 g/mol. The molecule has 10 nitrogen and oxygen atoms in total. The lowest BCUT2D eigenvalue weighted by Crippen LogP contribution is -2.49. The predicted molar refractivity (Wildman–Crippen MR) is 133 cm³/mol. The minimum Gasteiger partial charge on any atom is -0.492 e. The highest BCUT2D eigenvalue weighted by atomic mass is 16.6. The number of nitrogens with zero attached hydrogens (tertiary/aromatic N) is 5. The molecule has 0 bridgehead atoms. The Balaban J connectivity index is 1.29. The molecule has 2 aliphatic rings. The summed E-state index contributed by atoms with van der Waals surface area (Å²) in [5.74, 6) is 1.56. The first kappa shape index (κ1) is 23.9. The molecule has 1 amide bonds. The van der Waals surface area contributed by atoms with Crippen molar-refractivity contribution in [3.8, 4) is 22.9 Å². The van der Waals surface area contributed by atoms with E-state index >= 15 is 0 Å². The fraction of sp³-hybridized carbons (Fsp3) is 0.462. The average molecular weight is 491 g/mol. The number of fused-ring (bicyclic) bond motifs is 1. The third-order valence-electron chi connectivity index (χ3n) is 6.73. The van der Waals surface area contributed by atoms with E-state index < -0.39 is 0 Å². The lowest BCUT2D eigenvalue weighted by molar-refractivity contribution is 0.0796. The Kier molecular flexibility index (Phi) is 6.91. The van der Waals surface area contributed by atoms with E-state index in [1.807, 2.05) is 31.3 Å². The quantitative estimate of drug-likeness (QED) is 0.558. The molecule has 0 spiro atoms. The van der Waals surface area contributed by atoms with E-state index in [2.05, 4.69) is 28.3 Å². The second kappa shape index (κ2) is 10.4. The van der Waals surface area contributed by atoms with Gasteiger partial charge in [-0.25, -0.2) is 14.3 Å². The molecule has 5 rings (SSSR count). The van der Waals surface area contributed by atoms with Gasteiger partial charge in [0.1, 0.15) is 23.7 Å². The van der Waals surface area contributed by atoms with Crippen LogP contribution in [0, 0.1) is 11.3 Å². The number of nitrogens with one attached hydrogen (secondary N) is 1. The first-order chi connectivity index (χ1) is 17.6. The van der Waals surface area contributed by atoms with Crippen molar-refractivity contribution >= 4 is 17.4 Å². The Morgan fingerprint density at radius 2 is 2.22 bits per heavy atom. The van der Waals surface area contributed by atoms with E-state index in [4.69, 9.17) is 19.2 Å². The van der Waals surface area contributed by atoms with E-state index in [1.54, 1.807) is 16.9 Å². The third-order valence-corrected chi connectivity index (χ3v) is 6.73. The molecule has 5 heterocycles. The highest BCUT2D eigenvalue weighted by molar-refractivity contribution is 5.85. The van der Waals surface area contributed by atoms with Gasteiger partial charge in [-0.1, -0.05) is 0 Å². The predicted octanol–water partition coefficient (Wildman–Crippen LogP) is 3.54. The van der Waals surface area contributed by atoms with Crippen molar-refractivity contribution in [2.75, 3.05) is 31.3 Å². The summed E-state index contributed by atoms with van der Waals surface area (Å²) in [4.78, 5) is 19.2. The van der Waals surface area contributed by atoms with Crippen LogP contribution in [0.5, 0.6) is 5.75 Å². The molecule has 0 radical (unpaired) electrons. The van der Waals surface area contributed by atoms with E-state index in [1.165, 1.54) is 0 Å². The number of anilines is 1. The second-order valence-corrected chi connectivity index (χ2v) is 9.19. The Bertz CT molecular complexity index is 1260. The van der Waals surface area contributed by atoms with Gasteiger partial charge in [0, 0.05) is 42.4 Å². The van der Waals surface area contributed by atoms with Crippen molar-refractivity contribution in [3.63, 3.8) is 0 Å². The molecule has 188 valence electrons. The minimum absolute atomic E-state index is 0.0613. The van der Waals surface area contributed by atoms with E-state index in [0.29, 0.717) is 31.1 Å². The van der Waals surface area contributed by atoms with Crippen LogP contribution in [-0.2, 0) is 9.47 Å². The fourth-order valence-corrected chi connectivity index (χ4v) is 4.96. The van der Waals surface area contributed by atoms with Crippen LogP contribution in [-0.4, -0.2) is 65.2 Å². The lowest BCUT2D eigenvalue weighted by atomic mass is 9.98. The Morgan fingerprint density at radius 1 is 1.33 bits per heavy atom. The maximum atomic E-state index is 12.2. The highest BCUT2D eigenvalue weighted by Crippen LogP contribution is 2.32. The lowest BCUT2D eigenvalue weighted by Gasteiger charge is -2.38. The molecule has 1 N–H and O–H groups in total. The zero-order valence-electron chi connectivity index (χ0n) is 20.5. The van der Waals surface area contributed by atoms with Gasteiger partial charge in [-0.3, -0.25) is 0 Å². The van der Waals surface area contributed by atoms with E-state index in [-0.39, 0.29) is 24.3 Å². The standard InChI is InChI=1S/C26H30N6O4/c1-3-35-22-11-23(25-19(12-27)14-29-32(25)15-22)18-4-5-24(28-13-18)31-8-6-20(10-17(31)2)30-26(33)36-21-7-9-34-16-21/h4-5,11,13-15,17,20-21H,3,6-10,16H2,1-2H3,(H,30,33)/t17?,20?,21-/m0/s1. The molecule has 2 fully saturated rings. The topological polar surface area (TPSA) is 114 Å². The number of piperidine rings is 1. The van der Waals surface area contributed by atoms with Gasteiger partial charge in [-0.05, 0) is 44.9 Å². The summed E-state index contributed by atoms with van der Waals surface area (Å²) < 4.78 is 18.1. The smallest absolute Gasteiger partial charge is 0.407 e. The average Bonchev–Trinajstić information content (AvgIpc) is 3.54. The molecular formula is C26H30N6O4. The summed E-state index contributed by atoms with van der Waals surface area (Å²) in [6, 6.07) is 8.42. The molecule has 3 aromatic rings. The number of ether oxygens (including phenoxy) is 3. The zero-order valence-corrected chi connectivity index (χ0v) is 20.5. The highest BCUT2D eigenvalue weighted by Gasteiger charge is 2.29. The summed E-state index contributed by atoms with van der Waals surface area (Å²) in [5.41, 5.74) is 2.95. The number of alkyl carbamates (subject to hydrolysis) is 1. The SMILES string of the molecule is CCOc1cc(-c2ccc(N3CCC(NC(=O)O[C@H]4CCOC4)CC3C)nc2)c2c(C#N)cnn2c1. The van der Waals surface area contributed by atoms with Gasteiger partial charge >= 0.3 is 6.09 Å². The molecular weight excluding hydrogens is 460 g/mol. The van der Waals surface area contributed by atoms with Crippen LogP contribution in [0.25, 0.3) is 16.6 Å². The van der Waals surface area contributed by atoms with Crippen LogP contribution in [0.1, 0.15) is 38.7 Å². The normalized spacial score (nSPS) is 21.8. The molecule has 36 heavy (non-hydrogen) atoms. The molecule has 10 heteroatoms. The molecule has 0 aliphatic carbocycles.